The number of carboxylic acids is 1. The van der Waals surface area contributed by atoms with Gasteiger partial charge in [0.25, 0.3) is 5.88 Å². The predicted octanol–water partition coefficient (Wildman–Crippen LogP) is 4.75. The van der Waals surface area contributed by atoms with Crippen molar-refractivity contribution in [2.75, 3.05) is 31.7 Å². The number of pyridine rings is 2. The van der Waals surface area contributed by atoms with Crippen LogP contribution >= 0.6 is 0 Å². The standard InChI is InChI=1S/C25H35N3O4/c1-16(2)15-32-24-21(31-6)11-18(13-27-24)20-14-26-17(3)19(12-22(29)30)23(20)28-9-7-25(4,5)8-10-28/h11,13-14,16H,7-10,12,15H2,1-6H3,(H,29,30). The van der Waals surface area contributed by atoms with Gasteiger partial charge in [0.2, 0.25) is 0 Å². The first-order chi connectivity index (χ1) is 15.1. The normalized spacial score (nSPS) is 15.7. The minimum Gasteiger partial charge on any atom is -0.491 e. The Kier molecular flexibility index (Phi) is 7.26. The van der Waals surface area contributed by atoms with E-state index in [1.807, 2.05) is 19.2 Å². The highest BCUT2D eigenvalue weighted by atomic mass is 16.5. The van der Waals surface area contributed by atoms with Gasteiger partial charge in [-0.2, -0.15) is 0 Å². The predicted molar refractivity (Wildman–Crippen MR) is 126 cm³/mol. The molecule has 2 aromatic rings. The largest absolute Gasteiger partial charge is 0.491 e. The number of hydrogen-bond acceptors (Lipinski definition) is 6. The molecule has 1 saturated heterocycles. The Hall–Kier alpha value is -2.83. The fourth-order valence-electron chi connectivity index (χ4n) is 3.98. The van der Waals surface area contributed by atoms with Crippen molar-refractivity contribution in [3.63, 3.8) is 0 Å². The van der Waals surface area contributed by atoms with Gasteiger partial charge in [0.1, 0.15) is 0 Å². The second-order valence-electron chi connectivity index (χ2n) is 9.74. The molecule has 7 nitrogen and oxygen atoms in total. The number of aromatic nitrogens is 2. The number of aliphatic carboxylic acids is 1. The molecule has 1 aliphatic heterocycles. The van der Waals surface area contributed by atoms with E-state index in [-0.39, 0.29) is 11.8 Å². The highest BCUT2D eigenvalue weighted by molar-refractivity contribution is 5.84. The average Bonchev–Trinajstić information content (AvgIpc) is 2.73. The first-order valence-electron chi connectivity index (χ1n) is 11.2. The monoisotopic (exact) mass is 441 g/mol. The number of rotatable bonds is 8. The molecular formula is C25H35N3O4. The third kappa shape index (κ3) is 5.50. The lowest BCUT2D eigenvalue weighted by Gasteiger charge is -2.40. The molecule has 3 rings (SSSR count). The maximum Gasteiger partial charge on any atom is 0.307 e. The van der Waals surface area contributed by atoms with Crippen LogP contribution in [0.3, 0.4) is 0 Å². The number of carboxylic acid groups (broad SMARTS) is 1. The molecular weight excluding hydrogens is 406 g/mol. The third-order valence-electron chi connectivity index (χ3n) is 6.03. The molecule has 7 heteroatoms. The number of anilines is 1. The second-order valence-corrected chi connectivity index (χ2v) is 9.74. The summed E-state index contributed by atoms with van der Waals surface area (Å²) in [6, 6.07) is 1.90. The number of piperidine rings is 1. The Morgan fingerprint density at radius 3 is 2.50 bits per heavy atom. The van der Waals surface area contributed by atoms with Crippen LogP contribution in [0.4, 0.5) is 5.69 Å². The van der Waals surface area contributed by atoms with Crippen molar-refractivity contribution in [1.82, 2.24) is 9.97 Å². The molecule has 0 radical (unpaired) electrons. The smallest absolute Gasteiger partial charge is 0.307 e. The first-order valence-corrected chi connectivity index (χ1v) is 11.2. The zero-order valence-electron chi connectivity index (χ0n) is 20.1. The molecule has 174 valence electrons. The molecule has 3 heterocycles. The molecule has 0 spiro atoms. The number of hydrogen-bond donors (Lipinski definition) is 1. The van der Waals surface area contributed by atoms with Crippen molar-refractivity contribution in [2.24, 2.45) is 11.3 Å². The SMILES string of the molecule is COc1cc(-c2cnc(C)c(CC(=O)O)c2N2CCC(C)(C)CC2)cnc1OCC(C)C. The summed E-state index contributed by atoms with van der Waals surface area (Å²) in [5, 5.41) is 9.59. The highest BCUT2D eigenvalue weighted by Crippen LogP contribution is 2.41. The van der Waals surface area contributed by atoms with Gasteiger partial charge in [-0.3, -0.25) is 9.78 Å². The molecule has 0 bridgehead atoms. The maximum absolute atomic E-state index is 11.7. The number of carbonyl (C=O) groups is 1. The van der Waals surface area contributed by atoms with Gasteiger partial charge in [0.15, 0.2) is 5.75 Å². The van der Waals surface area contributed by atoms with Gasteiger partial charge in [-0.05, 0) is 37.2 Å². The molecule has 1 fully saturated rings. The fourth-order valence-corrected chi connectivity index (χ4v) is 3.98. The Bertz CT molecular complexity index is 962. The van der Waals surface area contributed by atoms with E-state index >= 15 is 0 Å². The molecule has 2 aromatic heterocycles. The Balaban J connectivity index is 2.08. The molecule has 0 saturated carbocycles. The zero-order chi connectivity index (χ0) is 23.5. The number of ether oxygens (including phenoxy) is 2. The minimum absolute atomic E-state index is 0.0674. The topological polar surface area (TPSA) is 84.8 Å². The molecule has 0 atom stereocenters. The van der Waals surface area contributed by atoms with E-state index in [1.165, 1.54) is 0 Å². The van der Waals surface area contributed by atoms with E-state index in [9.17, 15) is 9.90 Å². The van der Waals surface area contributed by atoms with Crippen LogP contribution in [0.2, 0.25) is 0 Å². The summed E-state index contributed by atoms with van der Waals surface area (Å²) in [6.07, 6.45) is 5.60. The molecule has 0 amide bonds. The molecule has 0 unspecified atom stereocenters. The van der Waals surface area contributed by atoms with E-state index in [0.717, 1.165) is 54.0 Å². The lowest BCUT2D eigenvalue weighted by Crippen LogP contribution is -2.38. The summed E-state index contributed by atoms with van der Waals surface area (Å²) < 4.78 is 11.4. The number of methoxy groups -OCH3 is 1. The highest BCUT2D eigenvalue weighted by Gasteiger charge is 2.29. The van der Waals surface area contributed by atoms with Crippen molar-refractivity contribution >= 4 is 11.7 Å². The van der Waals surface area contributed by atoms with Gasteiger partial charge in [-0.15, -0.1) is 0 Å². The van der Waals surface area contributed by atoms with Crippen LogP contribution in [-0.2, 0) is 11.2 Å². The van der Waals surface area contributed by atoms with Crippen LogP contribution in [0.1, 0.15) is 51.8 Å². The van der Waals surface area contributed by atoms with Crippen LogP contribution < -0.4 is 14.4 Å². The lowest BCUT2D eigenvalue weighted by atomic mass is 9.82. The molecule has 1 N–H and O–H groups in total. The van der Waals surface area contributed by atoms with E-state index < -0.39 is 5.97 Å². The average molecular weight is 442 g/mol. The summed E-state index contributed by atoms with van der Waals surface area (Å²) in [6.45, 7) is 12.9. The molecule has 0 aromatic carbocycles. The molecule has 1 aliphatic rings. The van der Waals surface area contributed by atoms with Gasteiger partial charge in [-0.25, -0.2) is 4.98 Å². The first kappa shape index (κ1) is 23.8. The van der Waals surface area contributed by atoms with Gasteiger partial charge < -0.3 is 19.5 Å². The van der Waals surface area contributed by atoms with E-state index in [0.29, 0.717) is 24.2 Å². The van der Waals surface area contributed by atoms with Crippen molar-refractivity contribution in [2.45, 2.75) is 53.9 Å². The minimum atomic E-state index is -0.862. The zero-order valence-corrected chi connectivity index (χ0v) is 20.1. The lowest BCUT2D eigenvalue weighted by molar-refractivity contribution is -0.136. The van der Waals surface area contributed by atoms with Gasteiger partial charge in [-0.1, -0.05) is 27.7 Å². The van der Waals surface area contributed by atoms with Gasteiger partial charge >= 0.3 is 5.97 Å². The summed E-state index contributed by atoms with van der Waals surface area (Å²) in [5.41, 5.74) is 4.42. The van der Waals surface area contributed by atoms with E-state index in [2.05, 4.69) is 42.6 Å². The maximum atomic E-state index is 11.7. The second kappa shape index (κ2) is 9.76. The summed E-state index contributed by atoms with van der Waals surface area (Å²) >= 11 is 0. The van der Waals surface area contributed by atoms with Crippen LogP contribution in [-0.4, -0.2) is 47.8 Å². The van der Waals surface area contributed by atoms with Crippen LogP contribution in [0.15, 0.2) is 18.5 Å². The quantitative estimate of drug-likeness (QED) is 0.633. The molecule has 0 aliphatic carbocycles. The summed E-state index contributed by atoms with van der Waals surface area (Å²) in [4.78, 5) is 23.0. The van der Waals surface area contributed by atoms with Crippen molar-refractivity contribution in [1.29, 1.82) is 0 Å². The van der Waals surface area contributed by atoms with E-state index in [1.54, 1.807) is 13.3 Å². The molecule has 32 heavy (non-hydrogen) atoms. The van der Waals surface area contributed by atoms with Gasteiger partial charge in [0.05, 0.1) is 25.8 Å². The third-order valence-corrected chi connectivity index (χ3v) is 6.03. The summed E-state index contributed by atoms with van der Waals surface area (Å²) in [7, 11) is 1.60. The summed E-state index contributed by atoms with van der Waals surface area (Å²) in [5.74, 6) is 0.515. The Morgan fingerprint density at radius 1 is 1.22 bits per heavy atom. The van der Waals surface area contributed by atoms with Crippen molar-refractivity contribution in [3.05, 3.63) is 29.7 Å². The number of aryl methyl sites for hydroxylation is 1. The van der Waals surface area contributed by atoms with Crippen LogP contribution in [0.25, 0.3) is 11.1 Å². The Labute approximate surface area is 190 Å². The fraction of sp³-hybridized carbons (Fsp3) is 0.560. The number of nitrogens with zero attached hydrogens (tertiary/aromatic N) is 3. The van der Waals surface area contributed by atoms with Crippen molar-refractivity contribution in [3.8, 4) is 22.8 Å². The van der Waals surface area contributed by atoms with Crippen LogP contribution in [0, 0.1) is 18.3 Å². The Morgan fingerprint density at radius 2 is 1.91 bits per heavy atom. The van der Waals surface area contributed by atoms with E-state index in [4.69, 9.17) is 9.47 Å². The van der Waals surface area contributed by atoms with Crippen LogP contribution in [0.5, 0.6) is 11.6 Å². The van der Waals surface area contributed by atoms with Gasteiger partial charge in [0, 0.05) is 47.9 Å². The van der Waals surface area contributed by atoms with Crippen molar-refractivity contribution < 1.29 is 19.4 Å².